The molecule has 0 aliphatic heterocycles. The highest BCUT2D eigenvalue weighted by molar-refractivity contribution is 7.12. The second-order valence-electron chi connectivity index (χ2n) is 4.67. The molecule has 0 aliphatic carbocycles. The molecule has 0 bridgehead atoms. The number of carbonyl (C=O) groups is 2. The predicted molar refractivity (Wildman–Crippen MR) is 96.2 cm³/mol. The van der Waals surface area contributed by atoms with Crippen LogP contribution in [-0.4, -0.2) is 18.4 Å². The van der Waals surface area contributed by atoms with E-state index in [2.05, 4.69) is 10.6 Å². The van der Waals surface area contributed by atoms with Gasteiger partial charge < -0.3 is 10.6 Å². The van der Waals surface area contributed by atoms with Crippen LogP contribution in [-0.2, 0) is 9.59 Å². The average Bonchev–Trinajstić information content (AvgIpc) is 2.92. The van der Waals surface area contributed by atoms with E-state index in [1.165, 1.54) is 11.0 Å². The van der Waals surface area contributed by atoms with E-state index in [-0.39, 0.29) is 18.4 Å². The lowest BCUT2D eigenvalue weighted by Gasteiger charge is -2.07. The normalized spacial score (nSPS) is 10.7. The molecule has 0 saturated carbocycles. The number of nitrogens with one attached hydrogen (secondary N) is 2. The van der Waals surface area contributed by atoms with Crippen molar-refractivity contribution < 1.29 is 9.59 Å². The van der Waals surface area contributed by atoms with Crippen molar-refractivity contribution in [3.63, 3.8) is 0 Å². The summed E-state index contributed by atoms with van der Waals surface area (Å²) in [6, 6.07) is 8.66. The van der Waals surface area contributed by atoms with Crippen molar-refractivity contribution >= 4 is 58.1 Å². The Bertz CT molecular complexity index is 756. The van der Waals surface area contributed by atoms with E-state index in [9.17, 15) is 9.59 Å². The molecule has 2 aromatic rings. The maximum Gasteiger partial charge on any atom is 0.244 e. The summed E-state index contributed by atoms with van der Waals surface area (Å²) in [4.78, 5) is 25.6. The molecule has 2 amide bonds. The van der Waals surface area contributed by atoms with Crippen molar-refractivity contribution in [1.82, 2.24) is 5.32 Å². The molecule has 4 nitrogen and oxygen atoms in total. The molecule has 1 aromatic carbocycles. The summed E-state index contributed by atoms with van der Waals surface area (Å²) in [5.74, 6) is -0.730. The number of thiophene rings is 1. The molecule has 0 atom stereocenters. The molecule has 23 heavy (non-hydrogen) atoms. The Morgan fingerprint density at radius 3 is 2.70 bits per heavy atom. The van der Waals surface area contributed by atoms with Crippen LogP contribution in [0.3, 0.4) is 0 Å². The van der Waals surface area contributed by atoms with Gasteiger partial charge in [0.15, 0.2) is 0 Å². The second-order valence-corrected chi connectivity index (χ2v) is 6.84. The minimum atomic E-state index is -0.386. The third kappa shape index (κ3) is 5.71. The Morgan fingerprint density at radius 1 is 1.22 bits per heavy atom. The first-order chi connectivity index (χ1) is 10.9. The van der Waals surface area contributed by atoms with Crippen LogP contribution >= 0.6 is 34.5 Å². The molecule has 0 spiro atoms. The zero-order chi connectivity index (χ0) is 16.8. The van der Waals surface area contributed by atoms with Gasteiger partial charge in [-0.05, 0) is 43.3 Å². The summed E-state index contributed by atoms with van der Waals surface area (Å²) in [5.41, 5.74) is 0.406. The molecule has 0 aliphatic rings. The van der Waals surface area contributed by atoms with Crippen LogP contribution < -0.4 is 10.6 Å². The first kappa shape index (κ1) is 17.5. The van der Waals surface area contributed by atoms with Gasteiger partial charge in [0.2, 0.25) is 11.8 Å². The quantitative estimate of drug-likeness (QED) is 0.779. The monoisotopic (exact) mass is 368 g/mol. The van der Waals surface area contributed by atoms with Gasteiger partial charge in [0.1, 0.15) is 0 Å². The highest BCUT2D eigenvalue weighted by Gasteiger charge is 2.07. The third-order valence-electron chi connectivity index (χ3n) is 2.79. The Kier molecular flexibility index (Phi) is 6.21. The van der Waals surface area contributed by atoms with Crippen molar-refractivity contribution in [3.8, 4) is 0 Å². The van der Waals surface area contributed by atoms with Gasteiger partial charge in [-0.2, -0.15) is 0 Å². The largest absolute Gasteiger partial charge is 0.343 e. The van der Waals surface area contributed by atoms with E-state index in [0.717, 1.165) is 4.88 Å². The van der Waals surface area contributed by atoms with Crippen LogP contribution in [0.1, 0.15) is 9.75 Å². The van der Waals surface area contributed by atoms with Crippen molar-refractivity contribution in [1.29, 1.82) is 0 Å². The lowest BCUT2D eigenvalue weighted by Crippen LogP contribution is -2.31. The van der Waals surface area contributed by atoms with Gasteiger partial charge in [-0.25, -0.2) is 0 Å². The minimum absolute atomic E-state index is 0.157. The Balaban J connectivity index is 1.83. The standard InChI is InChI=1S/C16H14Cl2N2O2S/c1-10-2-4-12(23-10)5-7-15(21)19-9-16(22)20-14-8-11(17)3-6-13(14)18/h2-8H,9H2,1H3,(H,19,21)(H,20,22)/b7-5+. The fourth-order valence-electron chi connectivity index (χ4n) is 1.71. The van der Waals surface area contributed by atoms with Crippen molar-refractivity contribution in [2.45, 2.75) is 6.92 Å². The van der Waals surface area contributed by atoms with E-state index in [4.69, 9.17) is 23.2 Å². The molecule has 120 valence electrons. The lowest BCUT2D eigenvalue weighted by atomic mass is 10.3. The number of anilines is 1. The number of hydrogen-bond donors (Lipinski definition) is 2. The maximum absolute atomic E-state index is 11.8. The topological polar surface area (TPSA) is 58.2 Å². The van der Waals surface area contributed by atoms with E-state index in [1.807, 2.05) is 19.1 Å². The van der Waals surface area contributed by atoms with Gasteiger partial charge in [0, 0.05) is 20.9 Å². The number of carbonyl (C=O) groups excluding carboxylic acids is 2. The molecule has 0 fully saturated rings. The molecular formula is C16H14Cl2N2O2S. The number of hydrogen-bond acceptors (Lipinski definition) is 3. The fraction of sp³-hybridized carbons (Fsp3) is 0.125. The Morgan fingerprint density at radius 2 is 2.00 bits per heavy atom. The van der Waals surface area contributed by atoms with E-state index in [1.54, 1.807) is 35.6 Å². The van der Waals surface area contributed by atoms with Gasteiger partial charge in [-0.1, -0.05) is 23.2 Å². The average molecular weight is 369 g/mol. The van der Waals surface area contributed by atoms with Crippen LogP contribution in [0.5, 0.6) is 0 Å². The van der Waals surface area contributed by atoms with Crippen LogP contribution in [0.4, 0.5) is 5.69 Å². The van der Waals surface area contributed by atoms with Crippen molar-refractivity contribution in [2.75, 3.05) is 11.9 Å². The highest BCUT2D eigenvalue weighted by atomic mass is 35.5. The van der Waals surface area contributed by atoms with Crippen molar-refractivity contribution in [3.05, 3.63) is 56.2 Å². The Hall–Kier alpha value is -1.82. The molecule has 2 rings (SSSR count). The SMILES string of the molecule is Cc1ccc(/C=C/C(=O)NCC(=O)Nc2cc(Cl)ccc2Cl)s1. The summed E-state index contributed by atoms with van der Waals surface area (Å²) >= 11 is 13.4. The van der Waals surface area contributed by atoms with Gasteiger partial charge >= 0.3 is 0 Å². The number of aryl methyl sites for hydroxylation is 1. The van der Waals surface area contributed by atoms with Crippen LogP contribution in [0, 0.1) is 6.92 Å². The van der Waals surface area contributed by atoms with Gasteiger partial charge in [-0.3, -0.25) is 9.59 Å². The molecule has 1 aromatic heterocycles. The fourth-order valence-corrected chi connectivity index (χ4v) is 2.83. The predicted octanol–water partition coefficient (Wildman–Crippen LogP) is 4.13. The van der Waals surface area contributed by atoms with E-state index >= 15 is 0 Å². The Labute approximate surface area is 148 Å². The summed E-state index contributed by atoms with van der Waals surface area (Å²) in [7, 11) is 0. The molecule has 2 N–H and O–H groups in total. The second kappa shape index (κ2) is 8.15. The van der Waals surface area contributed by atoms with Crippen LogP contribution in [0.25, 0.3) is 6.08 Å². The summed E-state index contributed by atoms with van der Waals surface area (Å²) < 4.78 is 0. The molecule has 0 unspecified atom stereocenters. The summed E-state index contributed by atoms with van der Waals surface area (Å²) in [5, 5.41) is 5.93. The molecule has 0 radical (unpaired) electrons. The summed E-state index contributed by atoms with van der Waals surface area (Å²) in [6.07, 6.45) is 3.10. The molecule has 7 heteroatoms. The summed E-state index contributed by atoms with van der Waals surface area (Å²) in [6.45, 7) is 1.84. The van der Waals surface area contributed by atoms with E-state index in [0.29, 0.717) is 15.7 Å². The molecule has 0 saturated heterocycles. The maximum atomic E-state index is 11.8. The zero-order valence-corrected chi connectivity index (χ0v) is 14.6. The first-order valence-corrected chi connectivity index (χ1v) is 8.28. The van der Waals surface area contributed by atoms with Crippen molar-refractivity contribution in [2.24, 2.45) is 0 Å². The number of benzene rings is 1. The lowest BCUT2D eigenvalue weighted by molar-refractivity contribution is -0.121. The number of amides is 2. The van der Waals surface area contributed by atoms with Gasteiger partial charge in [-0.15, -0.1) is 11.3 Å². The zero-order valence-electron chi connectivity index (χ0n) is 12.2. The highest BCUT2D eigenvalue weighted by Crippen LogP contribution is 2.25. The molecular weight excluding hydrogens is 355 g/mol. The van der Waals surface area contributed by atoms with Gasteiger partial charge in [0.05, 0.1) is 17.3 Å². The first-order valence-electron chi connectivity index (χ1n) is 6.71. The smallest absolute Gasteiger partial charge is 0.244 e. The molecule has 1 heterocycles. The minimum Gasteiger partial charge on any atom is -0.343 e. The van der Waals surface area contributed by atoms with E-state index < -0.39 is 0 Å². The third-order valence-corrected chi connectivity index (χ3v) is 4.32. The van der Waals surface area contributed by atoms with Crippen LogP contribution in [0.2, 0.25) is 10.0 Å². The number of halogens is 2. The van der Waals surface area contributed by atoms with Crippen LogP contribution in [0.15, 0.2) is 36.4 Å². The number of rotatable bonds is 5. The van der Waals surface area contributed by atoms with Gasteiger partial charge in [0.25, 0.3) is 0 Å².